The van der Waals surface area contributed by atoms with E-state index in [9.17, 15) is 12.8 Å². The molecule has 2 rings (SSSR count). The van der Waals surface area contributed by atoms with Gasteiger partial charge in [-0.25, -0.2) is 17.5 Å². The summed E-state index contributed by atoms with van der Waals surface area (Å²) in [6, 6.07) is 3.22. The van der Waals surface area contributed by atoms with E-state index in [-0.39, 0.29) is 16.6 Å². The zero-order chi connectivity index (χ0) is 14.0. The Morgan fingerprint density at radius 3 is 2.63 bits per heavy atom. The predicted octanol–water partition coefficient (Wildman–Crippen LogP) is 2.26. The zero-order valence-corrected chi connectivity index (χ0v) is 11.7. The molecule has 0 amide bonds. The van der Waals surface area contributed by atoms with Crippen molar-refractivity contribution in [3.63, 3.8) is 0 Å². The molecule has 4 nitrogen and oxygen atoms in total. The lowest BCUT2D eigenvalue weighted by molar-refractivity contribution is 0.424. The Morgan fingerprint density at radius 2 is 2.00 bits per heavy atom. The average molecular weight is 286 g/mol. The second kappa shape index (κ2) is 5.46. The van der Waals surface area contributed by atoms with Crippen molar-refractivity contribution in [2.75, 3.05) is 5.73 Å². The van der Waals surface area contributed by atoms with Gasteiger partial charge in [-0.3, -0.25) is 0 Å². The molecule has 0 heterocycles. The SMILES string of the molecule is CC(NS(=O)(=O)c1cc(F)ccc1N)C1CCCC1. The van der Waals surface area contributed by atoms with Crippen molar-refractivity contribution in [1.82, 2.24) is 4.72 Å². The van der Waals surface area contributed by atoms with Crippen molar-refractivity contribution in [2.45, 2.75) is 43.5 Å². The molecule has 0 spiro atoms. The summed E-state index contributed by atoms with van der Waals surface area (Å²) in [5, 5.41) is 0. The second-order valence-electron chi connectivity index (χ2n) is 5.14. The summed E-state index contributed by atoms with van der Waals surface area (Å²) in [6.07, 6.45) is 4.34. The molecule has 1 saturated carbocycles. The molecule has 0 bridgehead atoms. The zero-order valence-electron chi connectivity index (χ0n) is 10.9. The van der Waals surface area contributed by atoms with E-state index in [0.717, 1.165) is 37.8 Å². The Morgan fingerprint density at radius 1 is 1.37 bits per heavy atom. The smallest absolute Gasteiger partial charge is 0.242 e. The molecule has 19 heavy (non-hydrogen) atoms. The van der Waals surface area contributed by atoms with Crippen molar-refractivity contribution < 1.29 is 12.8 Å². The normalized spacial score (nSPS) is 18.6. The molecular weight excluding hydrogens is 267 g/mol. The fourth-order valence-corrected chi connectivity index (χ4v) is 4.06. The van der Waals surface area contributed by atoms with Crippen molar-refractivity contribution in [2.24, 2.45) is 5.92 Å². The van der Waals surface area contributed by atoms with Crippen LogP contribution in [0.5, 0.6) is 0 Å². The molecule has 106 valence electrons. The summed E-state index contributed by atoms with van der Waals surface area (Å²) in [7, 11) is -3.77. The maximum absolute atomic E-state index is 13.2. The molecule has 0 saturated heterocycles. The highest BCUT2D eigenvalue weighted by atomic mass is 32.2. The number of halogens is 1. The van der Waals surface area contributed by atoms with Gasteiger partial charge in [-0.05, 0) is 43.9 Å². The van der Waals surface area contributed by atoms with E-state index < -0.39 is 15.8 Å². The molecule has 1 aromatic carbocycles. The molecule has 6 heteroatoms. The minimum Gasteiger partial charge on any atom is -0.398 e. The number of benzene rings is 1. The lowest BCUT2D eigenvalue weighted by atomic mass is 10.0. The molecule has 0 aliphatic heterocycles. The second-order valence-corrected chi connectivity index (χ2v) is 6.82. The third-order valence-electron chi connectivity index (χ3n) is 3.71. The summed E-state index contributed by atoms with van der Waals surface area (Å²) in [4.78, 5) is -0.183. The van der Waals surface area contributed by atoms with Crippen LogP contribution in [0.3, 0.4) is 0 Å². The van der Waals surface area contributed by atoms with Gasteiger partial charge in [-0.15, -0.1) is 0 Å². The van der Waals surface area contributed by atoms with Gasteiger partial charge in [-0.1, -0.05) is 12.8 Å². The highest BCUT2D eigenvalue weighted by molar-refractivity contribution is 7.89. The van der Waals surface area contributed by atoms with Crippen molar-refractivity contribution >= 4 is 15.7 Å². The van der Waals surface area contributed by atoms with E-state index in [2.05, 4.69) is 4.72 Å². The summed E-state index contributed by atoms with van der Waals surface area (Å²) < 4.78 is 40.2. The number of nitrogens with one attached hydrogen (secondary N) is 1. The maximum Gasteiger partial charge on any atom is 0.242 e. The van der Waals surface area contributed by atoms with Gasteiger partial charge in [0.2, 0.25) is 10.0 Å². The van der Waals surface area contributed by atoms with Crippen LogP contribution in [-0.4, -0.2) is 14.5 Å². The van der Waals surface area contributed by atoms with Gasteiger partial charge >= 0.3 is 0 Å². The minimum absolute atomic E-state index is 0.0625. The lowest BCUT2D eigenvalue weighted by Gasteiger charge is -2.20. The average Bonchev–Trinajstić information content (AvgIpc) is 2.85. The fourth-order valence-electron chi connectivity index (χ4n) is 2.60. The summed E-state index contributed by atoms with van der Waals surface area (Å²) in [6.45, 7) is 1.85. The number of nitrogens with two attached hydrogens (primary N) is 1. The molecule has 1 atom stereocenters. The third kappa shape index (κ3) is 3.25. The number of rotatable bonds is 4. The first-order valence-corrected chi connectivity index (χ1v) is 7.96. The van der Waals surface area contributed by atoms with Crippen molar-refractivity contribution in [1.29, 1.82) is 0 Å². The maximum atomic E-state index is 13.2. The van der Waals surface area contributed by atoms with E-state index in [1.165, 1.54) is 6.07 Å². The van der Waals surface area contributed by atoms with E-state index in [0.29, 0.717) is 5.92 Å². The van der Waals surface area contributed by atoms with Crippen LogP contribution in [0.4, 0.5) is 10.1 Å². The van der Waals surface area contributed by atoms with E-state index >= 15 is 0 Å². The first-order valence-electron chi connectivity index (χ1n) is 6.47. The Kier molecular flexibility index (Phi) is 4.10. The predicted molar refractivity (Wildman–Crippen MR) is 72.6 cm³/mol. The van der Waals surface area contributed by atoms with Gasteiger partial charge in [0.1, 0.15) is 10.7 Å². The monoisotopic (exact) mass is 286 g/mol. The van der Waals surface area contributed by atoms with Crippen LogP contribution in [0.15, 0.2) is 23.1 Å². The van der Waals surface area contributed by atoms with E-state index in [4.69, 9.17) is 5.73 Å². The number of nitrogen functional groups attached to an aromatic ring is 1. The number of hydrogen-bond donors (Lipinski definition) is 2. The van der Waals surface area contributed by atoms with Gasteiger partial charge in [0, 0.05) is 6.04 Å². The molecule has 1 unspecified atom stereocenters. The largest absolute Gasteiger partial charge is 0.398 e. The van der Waals surface area contributed by atoms with Gasteiger partial charge in [0.15, 0.2) is 0 Å². The van der Waals surface area contributed by atoms with Gasteiger partial charge in [0.25, 0.3) is 0 Å². The standard InChI is InChI=1S/C13H19FN2O2S/c1-9(10-4-2-3-5-10)16-19(17,18)13-8-11(14)6-7-12(13)15/h6-10,16H,2-5,15H2,1H3. The number of anilines is 1. The van der Waals surface area contributed by atoms with Crippen LogP contribution in [0, 0.1) is 11.7 Å². The van der Waals surface area contributed by atoms with Crippen LogP contribution in [0.2, 0.25) is 0 Å². The molecule has 3 N–H and O–H groups in total. The Balaban J connectivity index is 2.19. The van der Waals surface area contributed by atoms with Gasteiger partial charge in [-0.2, -0.15) is 0 Å². The fraction of sp³-hybridized carbons (Fsp3) is 0.538. The molecule has 1 aliphatic carbocycles. The Bertz CT molecular complexity index is 554. The van der Waals surface area contributed by atoms with Crippen molar-refractivity contribution in [3.8, 4) is 0 Å². The highest BCUT2D eigenvalue weighted by Gasteiger charge is 2.27. The third-order valence-corrected chi connectivity index (χ3v) is 5.33. The summed E-state index contributed by atoms with van der Waals surface area (Å²) in [5.74, 6) is -0.257. The Labute approximate surface area is 113 Å². The minimum atomic E-state index is -3.77. The lowest BCUT2D eigenvalue weighted by Crippen LogP contribution is -2.37. The topological polar surface area (TPSA) is 72.2 Å². The van der Waals surface area contributed by atoms with Gasteiger partial charge in [0.05, 0.1) is 5.69 Å². The Hall–Kier alpha value is -1.14. The molecule has 0 aromatic heterocycles. The van der Waals surface area contributed by atoms with E-state index in [1.807, 2.05) is 6.92 Å². The number of sulfonamides is 1. The van der Waals surface area contributed by atoms with Crippen LogP contribution in [0.1, 0.15) is 32.6 Å². The molecule has 1 aliphatic rings. The van der Waals surface area contributed by atoms with Crippen molar-refractivity contribution in [3.05, 3.63) is 24.0 Å². The molecular formula is C13H19FN2O2S. The van der Waals surface area contributed by atoms with Crippen LogP contribution in [0.25, 0.3) is 0 Å². The molecule has 1 aromatic rings. The van der Waals surface area contributed by atoms with Crippen LogP contribution >= 0.6 is 0 Å². The summed E-state index contributed by atoms with van der Waals surface area (Å²) in [5.41, 5.74) is 5.68. The number of hydrogen-bond acceptors (Lipinski definition) is 3. The van der Waals surface area contributed by atoms with E-state index in [1.54, 1.807) is 0 Å². The molecule has 0 radical (unpaired) electrons. The summed E-state index contributed by atoms with van der Waals surface area (Å²) >= 11 is 0. The highest BCUT2D eigenvalue weighted by Crippen LogP contribution is 2.29. The van der Waals surface area contributed by atoms with Crippen LogP contribution in [-0.2, 0) is 10.0 Å². The molecule has 1 fully saturated rings. The van der Waals surface area contributed by atoms with Crippen LogP contribution < -0.4 is 10.5 Å². The quantitative estimate of drug-likeness (QED) is 0.834. The van der Waals surface area contributed by atoms with Gasteiger partial charge < -0.3 is 5.73 Å². The first kappa shape index (κ1) is 14.3. The first-order chi connectivity index (χ1) is 8.90.